The van der Waals surface area contributed by atoms with E-state index in [1.807, 2.05) is 0 Å². The fourth-order valence-corrected chi connectivity index (χ4v) is 2.59. The van der Waals surface area contributed by atoms with Gasteiger partial charge >= 0.3 is 0 Å². The summed E-state index contributed by atoms with van der Waals surface area (Å²) >= 11 is 0. The number of fused-ring (bicyclic) bond motifs is 1. The molecular formula is C9H17NO. The molecule has 11 heavy (non-hydrogen) atoms. The van der Waals surface area contributed by atoms with Crippen molar-refractivity contribution in [2.75, 3.05) is 19.6 Å². The minimum absolute atomic E-state index is 0.0107. The molecule has 2 aliphatic rings. The summed E-state index contributed by atoms with van der Waals surface area (Å²) in [6.45, 7) is 5.73. The number of aliphatic hydroxyl groups excluding tert-OH is 1. The van der Waals surface area contributed by atoms with Crippen LogP contribution in [0.15, 0.2) is 0 Å². The fourth-order valence-electron chi connectivity index (χ4n) is 2.59. The van der Waals surface area contributed by atoms with E-state index >= 15 is 0 Å². The van der Waals surface area contributed by atoms with Gasteiger partial charge in [0.1, 0.15) is 0 Å². The first kappa shape index (κ1) is 7.56. The second-order valence-electron chi connectivity index (χ2n) is 3.92. The summed E-state index contributed by atoms with van der Waals surface area (Å²) < 4.78 is 0. The summed E-state index contributed by atoms with van der Waals surface area (Å²) in [4.78, 5) is 2.46. The molecule has 64 valence electrons. The van der Waals surface area contributed by atoms with Crippen molar-refractivity contribution in [3.63, 3.8) is 0 Å². The van der Waals surface area contributed by atoms with Crippen molar-refractivity contribution in [1.29, 1.82) is 0 Å². The quantitative estimate of drug-likeness (QED) is 0.603. The highest BCUT2D eigenvalue weighted by atomic mass is 16.3. The van der Waals surface area contributed by atoms with Crippen molar-refractivity contribution in [2.24, 2.45) is 11.8 Å². The van der Waals surface area contributed by atoms with Gasteiger partial charge in [0.2, 0.25) is 0 Å². The van der Waals surface area contributed by atoms with E-state index in [2.05, 4.69) is 11.8 Å². The number of hydrogen-bond donors (Lipinski definition) is 1. The molecule has 2 rings (SSSR count). The van der Waals surface area contributed by atoms with Gasteiger partial charge < -0.3 is 10.0 Å². The molecule has 0 aromatic rings. The Bertz CT molecular complexity index is 148. The van der Waals surface area contributed by atoms with Crippen molar-refractivity contribution in [2.45, 2.75) is 25.9 Å². The molecule has 3 unspecified atom stereocenters. The van der Waals surface area contributed by atoms with Crippen LogP contribution < -0.4 is 0 Å². The van der Waals surface area contributed by atoms with Crippen molar-refractivity contribution < 1.29 is 5.11 Å². The predicted octanol–water partition coefficient (Wildman–Crippen LogP) is 0.709. The maximum absolute atomic E-state index is 9.59. The average Bonchev–Trinajstić information content (AvgIpc) is 2.53. The van der Waals surface area contributed by atoms with Crippen LogP contribution in [0, 0.1) is 11.8 Å². The molecule has 1 aliphatic heterocycles. The van der Waals surface area contributed by atoms with E-state index in [1.54, 1.807) is 0 Å². The maximum atomic E-state index is 9.59. The summed E-state index contributed by atoms with van der Waals surface area (Å²) in [5, 5.41) is 9.59. The Morgan fingerprint density at radius 3 is 2.82 bits per heavy atom. The van der Waals surface area contributed by atoms with Crippen molar-refractivity contribution >= 4 is 0 Å². The van der Waals surface area contributed by atoms with Crippen molar-refractivity contribution in [3.05, 3.63) is 0 Å². The van der Waals surface area contributed by atoms with Crippen molar-refractivity contribution in [1.82, 2.24) is 4.90 Å². The number of nitrogens with zero attached hydrogens (tertiary/aromatic N) is 1. The minimum atomic E-state index is 0.0107. The molecule has 0 aromatic carbocycles. The van der Waals surface area contributed by atoms with E-state index < -0.39 is 0 Å². The van der Waals surface area contributed by atoms with E-state index in [0.717, 1.165) is 25.4 Å². The van der Waals surface area contributed by atoms with Crippen LogP contribution in [0.5, 0.6) is 0 Å². The fraction of sp³-hybridized carbons (Fsp3) is 1.00. The van der Waals surface area contributed by atoms with Gasteiger partial charge in [-0.15, -0.1) is 0 Å². The molecule has 0 radical (unpaired) electrons. The van der Waals surface area contributed by atoms with E-state index in [1.165, 1.54) is 13.0 Å². The molecule has 1 N–H and O–H groups in total. The molecule has 2 fully saturated rings. The molecule has 1 heterocycles. The topological polar surface area (TPSA) is 23.5 Å². The highest BCUT2D eigenvalue weighted by Gasteiger charge is 2.40. The van der Waals surface area contributed by atoms with Crippen LogP contribution in [-0.4, -0.2) is 35.7 Å². The van der Waals surface area contributed by atoms with E-state index in [-0.39, 0.29) is 6.10 Å². The van der Waals surface area contributed by atoms with Crippen LogP contribution >= 0.6 is 0 Å². The lowest BCUT2D eigenvalue weighted by atomic mass is 10.00. The highest BCUT2D eigenvalue weighted by Crippen LogP contribution is 2.37. The smallest absolute Gasteiger partial charge is 0.0583 e. The van der Waals surface area contributed by atoms with Gasteiger partial charge in [-0.1, -0.05) is 6.92 Å². The average molecular weight is 155 g/mol. The summed E-state index contributed by atoms with van der Waals surface area (Å²) in [5.41, 5.74) is 0. The summed E-state index contributed by atoms with van der Waals surface area (Å²) in [5.74, 6) is 1.42. The molecule has 0 amide bonds. The zero-order chi connectivity index (χ0) is 7.84. The second-order valence-corrected chi connectivity index (χ2v) is 3.92. The van der Waals surface area contributed by atoms with Gasteiger partial charge in [-0.3, -0.25) is 0 Å². The summed E-state index contributed by atoms with van der Waals surface area (Å²) in [6.07, 6.45) is 2.31. The zero-order valence-electron chi connectivity index (χ0n) is 7.16. The Hall–Kier alpha value is -0.0800. The molecular weight excluding hydrogens is 138 g/mol. The van der Waals surface area contributed by atoms with Crippen LogP contribution in [0.1, 0.15) is 19.8 Å². The van der Waals surface area contributed by atoms with E-state index in [4.69, 9.17) is 0 Å². The normalized spacial score (nSPS) is 44.7. The van der Waals surface area contributed by atoms with Crippen LogP contribution in [-0.2, 0) is 0 Å². The number of likely N-dealkylation sites (tertiary alicyclic amines) is 1. The maximum Gasteiger partial charge on any atom is 0.0583 e. The lowest BCUT2D eigenvalue weighted by molar-refractivity contribution is 0.125. The minimum Gasteiger partial charge on any atom is -0.393 e. The van der Waals surface area contributed by atoms with E-state index in [0.29, 0.717) is 5.92 Å². The largest absolute Gasteiger partial charge is 0.393 e. The molecule has 0 aromatic heterocycles. The number of rotatable bonds is 1. The first-order valence-corrected chi connectivity index (χ1v) is 4.71. The standard InChI is InChI=1S/C9H17NO/c1-2-10-5-7-3-4-9(11)8(7)6-10/h7-9,11H,2-6H2,1H3. The monoisotopic (exact) mass is 155 g/mol. The third-order valence-electron chi connectivity index (χ3n) is 3.34. The van der Waals surface area contributed by atoms with Gasteiger partial charge in [0.15, 0.2) is 0 Å². The SMILES string of the molecule is CCN1CC2CCC(O)C2C1. The Kier molecular flexibility index (Phi) is 1.90. The van der Waals surface area contributed by atoms with Crippen LogP contribution in [0.25, 0.3) is 0 Å². The van der Waals surface area contributed by atoms with Crippen LogP contribution in [0.3, 0.4) is 0 Å². The van der Waals surface area contributed by atoms with E-state index in [9.17, 15) is 5.11 Å². The Morgan fingerprint density at radius 1 is 1.36 bits per heavy atom. The Morgan fingerprint density at radius 2 is 2.18 bits per heavy atom. The number of aliphatic hydroxyl groups is 1. The Labute approximate surface area is 68.2 Å². The van der Waals surface area contributed by atoms with Gasteiger partial charge in [-0.25, -0.2) is 0 Å². The zero-order valence-corrected chi connectivity index (χ0v) is 7.16. The third kappa shape index (κ3) is 1.18. The van der Waals surface area contributed by atoms with Gasteiger partial charge in [0, 0.05) is 19.0 Å². The molecule has 0 bridgehead atoms. The molecule has 2 heteroatoms. The van der Waals surface area contributed by atoms with Crippen LogP contribution in [0.2, 0.25) is 0 Å². The lowest BCUT2D eigenvalue weighted by Gasteiger charge is -2.14. The Balaban J connectivity index is 1.98. The van der Waals surface area contributed by atoms with Gasteiger partial charge in [-0.05, 0) is 25.3 Å². The van der Waals surface area contributed by atoms with Gasteiger partial charge in [0.05, 0.1) is 6.10 Å². The number of hydrogen-bond acceptors (Lipinski definition) is 2. The van der Waals surface area contributed by atoms with Gasteiger partial charge in [-0.2, -0.15) is 0 Å². The highest BCUT2D eigenvalue weighted by molar-refractivity contribution is 4.93. The molecule has 0 spiro atoms. The molecule has 1 aliphatic carbocycles. The predicted molar refractivity (Wildman–Crippen MR) is 44.3 cm³/mol. The van der Waals surface area contributed by atoms with Crippen molar-refractivity contribution in [3.8, 4) is 0 Å². The summed E-state index contributed by atoms with van der Waals surface area (Å²) in [7, 11) is 0. The molecule has 1 saturated heterocycles. The molecule has 3 atom stereocenters. The molecule has 1 saturated carbocycles. The molecule has 2 nitrogen and oxygen atoms in total. The third-order valence-corrected chi connectivity index (χ3v) is 3.34. The van der Waals surface area contributed by atoms with Crippen LogP contribution in [0.4, 0.5) is 0 Å². The van der Waals surface area contributed by atoms with Gasteiger partial charge in [0.25, 0.3) is 0 Å². The first-order valence-electron chi connectivity index (χ1n) is 4.71. The summed E-state index contributed by atoms with van der Waals surface area (Å²) in [6, 6.07) is 0. The second kappa shape index (κ2) is 2.76. The first-order chi connectivity index (χ1) is 5.31. The lowest BCUT2D eigenvalue weighted by Crippen LogP contribution is -2.24.